The molecule has 0 heterocycles. The summed E-state index contributed by atoms with van der Waals surface area (Å²) in [4.78, 5) is 0. The van der Waals surface area contributed by atoms with Crippen LogP contribution >= 0.6 is 0 Å². The maximum Gasteiger partial charge on any atom is 0.0433 e. The predicted octanol–water partition coefficient (Wildman–Crippen LogP) is 1.24. The van der Waals surface area contributed by atoms with Crippen LogP contribution in [0.25, 0.3) is 0 Å². The molecule has 0 fully saturated rings. The first-order valence-electron chi connectivity index (χ1n) is 4.44. The molecule has 11 heavy (non-hydrogen) atoms. The van der Waals surface area contributed by atoms with E-state index < -0.39 is 0 Å². The van der Waals surface area contributed by atoms with Crippen molar-refractivity contribution in [1.82, 2.24) is 0 Å². The Hall–Kier alpha value is -0.0800. The normalized spacial score (nSPS) is 19.4. The highest BCUT2D eigenvalue weighted by atomic mass is 16.3. The molecule has 0 amide bonds. The highest BCUT2D eigenvalue weighted by Gasteiger charge is 2.16. The van der Waals surface area contributed by atoms with Crippen LogP contribution in [0, 0.1) is 17.8 Å². The standard InChI is InChI=1S/C9H21NO/c1-7(4-5-11)9(3)8(2)6-10/h7-9,11H,4-6,10H2,1-3H3. The first kappa shape index (κ1) is 10.9. The van der Waals surface area contributed by atoms with Crippen LogP contribution in [0.15, 0.2) is 0 Å². The molecule has 0 saturated carbocycles. The van der Waals surface area contributed by atoms with Crippen molar-refractivity contribution in [3.8, 4) is 0 Å². The molecular weight excluding hydrogens is 138 g/mol. The molecule has 0 bridgehead atoms. The lowest BCUT2D eigenvalue weighted by Gasteiger charge is -2.24. The number of aliphatic hydroxyl groups excluding tert-OH is 1. The van der Waals surface area contributed by atoms with Gasteiger partial charge in [-0.25, -0.2) is 0 Å². The Morgan fingerprint density at radius 3 is 2.09 bits per heavy atom. The molecule has 68 valence electrons. The van der Waals surface area contributed by atoms with Crippen LogP contribution in [0.3, 0.4) is 0 Å². The average Bonchev–Trinajstić information content (AvgIpc) is 2.02. The molecule has 0 rings (SSSR count). The molecule has 0 spiro atoms. The fraction of sp³-hybridized carbons (Fsp3) is 1.00. The molecule has 0 aliphatic heterocycles. The van der Waals surface area contributed by atoms with Crippen LogP contribution in [0.4, 0.5) is 0 Å². The van der Waals surface area contributed by atoms with Gasteiger partial charge in [0.2, 0.25) is 0 Å². The first-order valence-corrected chi connectivity index (χ1v) is 4.44. The summed E-state index contributed by atoms with van der Waals surface area (Å²) in [6.45, 7) is 7.59. The lowest BCUT2D eigenvalue weighted by molar-refractivity contribution is 0.207. The minimum atomic E-state index is 0.294. The number of hydrogen-bond donors (Lipinski definition) is 2. The van der Waals surface area contributed by atoms with Gasteiger partial charge in [-0.15, -0.1) is 0 Å². The average molecular weight is 159 g/mol. The van der Waals surface area contributed by atoms with Crippen LogP contribution in [0.1, 0.15) is 27.2 Å². The fourth-order valence-corrected chi connectivity index (χ4v) is 1.24. The Balaban J connectivity index is 3.70. The van der Waals surface area contributed by atoms with Crippen molar-refractivity contribution in [2.75, 3.05) is 13.2 Å². The number of hydrogen-bond acceptors (Lipinski definition) is 2. The monoisotopic (exact) mass is 159 g/mol. The summed E-state index contributed by atoms with van der Waals surface area (Å²) in [5.74, 6) is 1.77. The van der Waals surface area contributed by atoms with Gasteiger partial charge in [0.1, 0.15) is 0 Å². The maximum absolute atomic E-state index is 8.71. The van der Waals surface area contributed by atoms with E-state index in [1.807, 2.05) is 0 Å². The molecule has 0 saturated heterocycles. The number of nitrogens with two attached hydrogens (primary N) is 1. The third-order valence-corrected chi connectivity index (χ3v) is 2.75. The smallest absolute Gasteiger partial charge is 0.0433 e. The molecular formula is C9H21NO. The summed E-state index contributed by atoms with van der Waals surface area (Å²) in [5, 5.41) is 8.71. The fourth-order valence-electron chi connectivity index (χ4n) is 1.24. The molecule has 0 aromatic heterocycles. The second kappa shape index (κ2) is 5.56. The van der Waals surface area contributed by atoms with Crippen molar-refractivity contribution < 1.29 is 5.11 Å². The predicted molar refractivity (Wildman–Crippen MR) is 48.2 cm³/mol. The van der Waals surface area contributed by atoms with Gasteiger partial charge in [0, 0.05) is 6.61 Å². The molecule has 0 aromatic rings. The van der Waals surface area contributed by atoms with E-state index in [0.29, 0.717) is 24.4 Å². The summed E-state index contributed by atoms with van der Waals surface area (Å²) in [6, 6.07) is 0. The molecule has 3 atom stereocenters. The zero-order valence-corrected chi connectivity index (χ0v) is 7.88. The molecule has 3 N–H and O–H groups in total. The third kappa shape index (κ3) is 3.73. The minimum Gasteiger partial charge on any atom is -0.396 e. The van der Waals surface area contributed by atoms with Gasteiger partial charge in [-0.1, -0.05) is 20.8 Å². The van der Waals surface area contributed by atoms with E-state index in [-0.39, 0.29) is 0 Å². The zero-order chi connectivity index (χ0) is 8.85. The van der Waals surface area contributed by atoms with E-state index in [1.165, 1.54) is 0 Å². The third-order valence-electron chi connectivity index (χ3n) is 2.75. The zero-order valence-electron chi connectivity index (χ0n) is 7.88. The highest BCUT2D eigenvalue weighted by Crippen LogP contribution is 2.21. The van der Waals surface area contributed by atoms with Crippen molar-refractivity contribution in [3.05, 3.63) is 0 Å². The molecule has 0 aliphatic rings. The van der Waals surface area contributed by atoms with Gasteiger partial charge in [0.25, 0.3) is 0 Å². The number of aliphatic hydroxyl groups is 1. The van der Waals surface area contributed by atoms with E-state index in [4.69, 9.17) is 10.8 Å². The lowest BCUT2D eigenvalue weighted by atomic mass is 9.83. The summed E-state index contributed by atoms with van der Waals surface area (Å²) < 4.78 is 0. The van der Waals surface area contributed by atoms with Crippen molar-refractivity contribution in [2.45, 2.75) is 27.2 Å². The lowest BCUT2D eigenvalue weighted by Crippen LogP contribution is -2.24. The van der Waals surface area contributed by atoms with E-state index in [0.717, 1.165) is 13.0 Å². The van der Waals surface area contributed by atoms with Gasteiger partial charge >= 0.3 is 0 Å². The Kier molecular flexibility index (Phi) is 5.51. The van der Waals surface area contributed by atoms with E-state index in [9.17, 15) is 0 Å². The largest absolute Gasteiger partial charge is 0.396 e. The molecule has 0 aliphatic carbocycles. The van der Waals surface area contributed by atoms with Crippen LogP contribution in [-0.4, -0.2) is 18.3 Å². The summed E-state index contributed by atoms with van der Waals surface area (Å²) >= 11 is 0. The number of rotatable bonds is 5. The Morgan fingerprint density at radius 1 is 1.18 bits per heavy atom. The van der Waals surface area contributed by atoms with Crippen molar-refractivity contribution in [3.63, 3.8) is 0 Å². The second-order valence-corrected chi connectivity index (χ2v) is 3.56. The summed E-state index contributed by atoms with van der Waals surface area (Å²) in [7, 11) is 0. The van der Waals surface area contributed by atoms with Gasteiger partial charge < -0.3 is 10.8 Å². The van der Waals surface area contributed by atoms with Crippen LogP contribution in [0.5, 0.6) is 0 Å². The second-order valence-electron chi connectivity index (χ2n) is 3.56. The summed E-state index contributed by atoms with van der Waals surface area (Å²) in [6.07, 6.45) is 0.894. The van der Waals surface area contributed by atoms with Crippen LogP contribution in [-0.2, 0) is 0 Å². The minimum absolute atomic E-state index is 0.294. The molecule has 0 aromatic carbocycles. The topological polar surface area (TPSA) is 46.2 Å². The molecule has 0 radical (unpaired) electrons. The molecule has 3 unspecified atom stereocenters. The van der Waals surface area contributed by atoms with Crippen LogP contribution < -0.4 is 5.73 Å². The summed E-state index contributed by atoms with van der Waals surface area (Å²) in [5.41, 5.74) is 5.54. The Labute approximate surface area is 69.8 Å². The van der Waals surface area contributed by atoms with E-state index in [1.54, 1.807) is 0 Å². The van der Waals surface area contributed by atoms with E-state index >= 15 is 0 Å². The van der Waals surface area contributed by atoms with Crippen molar-refractivity contribution in [2.24, 2.45) is 23.5 Å². The van der Waals surface area contributed by atoms with Gasteiger partial charge in [-0.05, 0) is 30.7 Å². The highest BCUT2D eigenvalue weighted by molar-refractivity contribution is 4.68. The van der Waals surface area contributed by atoms with Crippen LogP contribution in [0.2, 0.25) is 0 Å². The van der Waals surface area contributed by atoms with Gasteiger partial charge in [-0.3, -0.25) is 0 Å². The Morgan fingerprint density at radius 2 is 1.73 bits per heavy atom. The molecule has 2 heteroatoms. The van der Waals surface area contributed by atoms with Gasteiger partial charge in [0.15, 0.2) is 0 Å². The SMILES string of the molecule is CC(CN)C(C)C(C)CCO. The van der Waals surface area contributed by atoms with Gasteiger partial charge in [0.05, 0.1) is 0 Å². The molecule has 2 nitrogen and oxygen atoms in total. The Bertz CT molecular complexity index is 95.6. The van der Waals surface area contributed by atoms with E-state index in [2.05, 4.69) is 20.8 Å². The van der Waals surface area contributed by atoms with Gasteiger partial charge in [-0.2, -0.15) is 0 Å². The first-order chi connectivity index (χ1) is 5.13. The van der Waals surface area contributed by atoms with Crippen molar-refractivity contribution in [1.29, 1.82) is 0 Å². The van der Waals surface area contributed by atoms with Crippen molar-refractivity contribution >= 4 is 0 Å². The maximum atomic E-state index is 8.71. The quantitative estimate of drug-likeness (QED) is 0.634.